The third kappa shape index (κ3) is 3.72. The molecule has 1 N–H and O–H groups in total. The van der Waals surface area contributed by atoms with Crippen molar-refractivity contribution in [3.63, 3.8) is 0 Å². The van der Waals surface area contributed by atoms with Gasteiger partial charge in [-0.25, -0.2) is 0 Å². The minimum Gasteiger partial charge on any atom is -0.482 e. The Kier molecular flexibility index (Phi) is 4.51. The van der Waals surface area contributed by atoms with Crippen LogP contribution in [0.2, 0.25) is 5.02 Å². The van der Waals surface area contributed by atoms with Gasteiger partial charge in [-0.3, -0.25) is 9.69 Å². The first kappa shape index (κ1) is 16.2. The van der Waals surface area contributed by atoms with Crippen molar-refractivity contribution in [3.05, 3.63) is 53.1 Å². The fourth-order valence-electron chi connectivity index (χ4n) is 3.30. The second-order valence-corrected chi connectivity index (χ2v) is 6.84. The van der Waals surface area contributed by atoms with Gasteiger partial charge in [0, 0.05) is 43.4 Å². The molecule has 1 amide bonds. The number of nitrogens with zero attached hydrogens (tertiary/aromatic N) is 2. The Labute approximate surface area is 152 Å². The zero-order valence-electron chi connectivity index (χ0n) is 13.9. The highest BCUT2D eigenvalue weighted by atomic mass is 35.5. The van der Waals surface area contributed by atoms with Crippen LogP contribution in [0.1, 0.15) is 5.56 Å². The van der Waals surface area contributed by atoms with Crippen LogP contribution in [0.5, 0.6) is 5.75 Å². The fourth-order valence-corrected chi connectivity index (χ4v) is 3.43. The Morgan fingerprint density at radius 3 is 2.56 bits per heavy atom. The number of piperazine rings is 1. The van der Waals surface area contributed by atoms with Gasteiger partial charge in [-0.2, -0.15) is 0 Å². The molecule has 1 fully saturated rings. The third-order valence-corrected chi connectivity index (χ3v) is 4.90. The molecule has 0 saturated carbocycles. The maximum absolute atomic E-state index is 11.5. The molecule has 25 heavy (non-hydrogen) atoms. The van der Waals surface area contributed by atoms with Crippen molar-refractivity contribution < 1.29 is 9.53 Å². The monoisotopic (exact) mass is 357 g/mol. The van der Waals surface area contributed by atoms with Gasteiger partial charge in [0.1, 0.15) is 5.75 Å². The standard InChI is InChI=1S/C19H20ClN3O2/c20-15-2-4-16(5-3-15)23-9-7-22(8-10-23)12-14-1-6-18-17(11-14)21-19(24)13-25-18/h1-6,11H,7-10,12-13H2,(H,21,24). The number of benzene rings is 2. The van der Waals surface area contributed by atoms with E-state index in [1.807, 2.05) is 24.3 Å². The molecule has 0 spiro atoms. The van der Waals surface area contributed by atoms with E-state index in [9.17, 15) is 4.79 Å². The molecule has 4 rings (SSSR count). The van der Waals surface area contributed by atoms with Gasteiger partial charge < -0.3 is 15.0 Å². The van der Waals surface area contributed by atoms with Crippen LogP contribution in [0.25, 0.3) is 0 Å². The molecule has 5 nitrogen and oxygen atoms in total. The van der Waals surface area contributed by atoms with E-state index in [0.29, 0.717) is 0 Å². The van der Waals surface area contributed by atoms with Gasteiger partial charge >= 0.3 is 0 Å². The predicted molar refractivity (Wildman–Crippen MR) is 99.5 cm³/mol. The number of carbonyl (C=O) groups is 1. The van der Waals surface area contributed by atoms with E-state index < -0.39 is 0 Å². The van der Waals surface area contributed by atoms with Crippen molar-refractivity contribution in [2.24, 2.45) is 0 Å². The number of hydrogen-bond donors (Lipinski definition) is 1. The zero-order chi connectivity index (χ0) is 17.2. The smallest absolute Gasteiger partial charge is 0.262 e. The lowest BCUT2D eigenvalue weighted by Crippen LogP contribution is -2.45. The summed E-state index contributed by atoms with van der Waals surface area (Å²) in [6.45, 7) is 4.96. The predicted octanol–water partition coefficient (Wildman–Crippen LogP) is 2.99. The van der Waals surface area contributed by atoms with Gasteiger partial charge in [0.05, 0.1) is 5.69 Å². The van der Waals surface area contributed by atoms with Gasteiger partial charge in [-0.05, 0) is 42.0 Å². The zero-order valence-corrected chi connectivity index (χ0v) is 14.6. The minimum atomic E-state index is -0.0961. The van der Waals surface area contributed by atoms with Gasteiger partial charge in [0.25, 0.3) is 5.91 Å². The first-order valence-electron chi connectivity index (χ1n) is 8.46. The molecular formula is C19H20ClN3O2. The first-order chi connectivity index (χ1) is 12.2. The largest absolute Gasteiger partial charge is 0.482 e. The highest BCUT2D eigenvalue weighted by molar-refractivity contribution is 6.30. The van der Waals surface area contributed by atoms with Crippen LogP contribution in [0.4, 0.5) is 11.4 Å². The van der Waals surface area contributed by atoms with Crippen LogP contribution in [-0.4, -0.2) is 43.6 Å². The van der Waals surface area contributed by atoms with E-state index >= 15 is 0 Å². The van der Waals surface area contributed by atoms with E-state index in [-0.39, 0.29) is 12.5 Å². The molecule has 0 aromatic heterocycles. The Morgan fingerprint density at radius 2 is 1.80 bits per heavy atom. The number of amides is 1. The van der Waals surface area contributed by atoms with Gasteiger partial charge in [0.2, 0.25) is 0 Å². The number of fused-ring (bicyclic) bond motifs is 1. The number of halogens is 1. The highest BCUT2D eigenvalue weighted by Crippen LogP contribution is 2.29. The van der Waals surface area contributed by atoms with E-state index in [2.05, 4.69) is 33.3 Å². The van der Waals surface area contributed by atoms with Crippen molar-refractivity contribution in [3.8, 4) is 5.75 Å². The van der Waals surface area contributed by atoms with Crippen molar-refractivity contribution in [1.29, 1.82) is 0 Å². The van der Waals surface area contributed by atoms with Crippen LogP contribution in [0.15, 0.2) is 42.5 Å². The maximum Gasteiger partial charge on any atom is 0.262 e. The van der Waals surface area contributed by atoms with Crippen molar-refractivity contribution >= 4 is 28.9 Å². The molecule has 2 aliphatic rings. The Hall–Kier alpha value is -2.24. The molecule has 2 aromatic carbocycles. The van der Waals surface area contributed by atoms with Crippen LogP contribution < -0.4 is 15.0 Å². The summed E-state index contributed by atoms with van der Waals surface area (Å²) in [7, 11) is 0. The molecule has 1 saturated heterocycles. The number of ether oxygens (including phenoxy) is 1. The Bertz CT molecular complexity index is 771. The van der Waals surface area contributed by atoms with Crippen molar-refractivity contribution in [2.75, 3.05) is 43.0 Å². The van der Waals surface area contributed by atoms with Crippen molar-refractivity contribution in [2.45, 2.75) is 6.54 Å². The van der Waals surface area contributed by atoms with Crippen LogP contribution in [-0.2, 0) is 11.3 Å². The normalized spacial score (nSPS) is 17.6. The third-order valence-electron chi connectivity index (χ3n) is 4.65. The molecule has 130 valence electrons. The van der Waals surface area contributed by atoms with E-state index in [4.69, 9.17) is 16.3 Å². The Morgan fingerprint density at radius 1 is 1.04 bits per heavy atom. The number of carbonyl (C=O) groups excluding carboxylic acids is 1. The van der Waals surface area contributed by atoms with E-state index in [1.165, 1.54) is 11.3 Å². The molecule has 0 atom stereocenters. The van der Waals surface area contributed by atoms with Crippen molar-refractivity contribution in [1.82, 2.24) is 4.90 Å². The van der Waals surface area contributed by atoms with Gasteiger partial charge in [-0.15, -0.1) is 0 Å². The summed E-state index contributed by atoms with van der Waals surface area (Å²) in [5.41, 5.74) is 3.18. The molecule has 2 heterocycles. The average Bonchev–Trinajstić information content (AvgIpc) is 2.63. The average molecular weight is 358 g/mol. The molecule has 2 aromatic rings. The summed E-state index contributed by atoms with van der Waals surface area (Å²) in [5, 5.41) is 3.64. The first-order valence-corrected chi connectivity index (χ1v) is 8.84. The van der Waals surface area contributed by atoms with Gasteiger partial charge in [0.15, 0.2) is 6.61 Å². The van der Waals surface area contributed by atoms with Crippen LogP contribution in [0.3, 0.4) is 0 Å². The topological polar surface area (TPSA) is 44.8 Å². The Balaban J connectivity index is 1.36. The molecule has 0 unspecified atom stereocenters. The van der Waals surface area contributed by atoms with E-state index in [0.717, 1.165) is 49.2 Å². The number of nitrogens with one attached hydrogen (secondary N) is 1. The molecular weight excluding hydrogens is 338 g/mol. The minimum absolute atomic E-state index is 0.0961. The summed E-state index contributed by atoms with van der Waals surface area (Å²) in [5.74, 6) is 0.650. The highest BCUT2D eigenvalue weighted by Gasteiger charge is 2.19. The van der Waals surface area contributed by atoms with E-state index in [1.54, 1.807) is 0 Å². The molecule has 6 heteroatoms. The SMILES string of the molecule is O=C1COc2ccc(CN3CCN(c4ccc(Cl)cc4)CC3)cc2N1. The lowest BCUT2D eigenvalue weighted by atomic mass is 10.1. The number of rotatable bonds is 3. The lowest BCUT2D eigenvalue weighted by Gasteiger charge is -2.36. The molecule has 0 radical (unpaired) electrons. The molecule has 0 bridgehead atoms. The summed E-state index contributed by atoms with van der Waals surface area (Å²) in [6.07, 6.45) is 0. The summed E-state index contributed by atoms with van der Waals surface area (Å²) < 4.78 is 5.41. The maximum atomic E-state index is 11.5. The lowest BCUT2D eigenvalue weighted by molar-refractivity contribution is -0.118. The summed E-state index contributed by atoms with van der Waals surface area (Å²) in [4.78, 5) is 16.3. The van der Waals surface area contributed by atoms with Crippen LogP contribution in [0, 0.1) is 0 Å². The number of anilines is 2. The second-order valence-electron chi connectivity index (χ2n) is 6.41. The van der Waals surface area contributed by atoms with Gasteiger partial charge in [-0.1, -0.05) is 17.7 Å². The fraction of sp³-hybridized carbons (Fsp3) is 0.316. The second kappa shape index (κ2) is 6.94. The number of hydrogen-bond acceptors (Lipinski definition) is 4. The summed E-state index contributed by atoms with van der Waals surface area (Å²) in [6, 6.07) is 14.0. The molecule has 2 aliphatic heterocycles. The van der Waals surface area contributed by atoms with Crippen LogP contribution >= 0.6 is 11.6 Å². The quantitative estimate of drug-likeness (QED) is 0.917. The summed E-state index contributed by atoms with van der Waals surface area (Å²) >= 11 is 5.96. The molecule has 0 aliphatic carbocycles.